The van der Waals surface area contributed by atoms with Crippen LogP contribution in [0.15, 0.2) is 64.4 Å². The van der Waals surface area contributed by atoms with Gasteiger partial charge in [0.05, 0.1) is 23.4 Å². The topological polar surface area (TPSA) is 67.4 Å². The van der Waals surface area contributed by atoms with E-state index in [1.165, 1.54) is 24.9 Å². The summed E-state index contributed by atoms with van der Waals surface area (Å²) in [6.45, 7) is 0. The maximum atomic E-state index is 12.2. The fraction of sp³-hybridized carbons (Fsp3) is 0.0588. The van der Waals surface area contributed by atoms with Crippen LogP contribution in [0.1, 0.15) is 0 Å². The first kappa shape index (κ1) is 15.2. The van der Waals surface area contributed by atoms with Crippen molar-refractivity contribution in [2.24, 2.45) is 0 Å². The van der Waals surface area contributed by atoms with Crippen molar-refractivity contribution in [2.75, 3.05) is 17.7 Å². The summed E-state index contributed by atoms with van der Waals surface area (Å²) in [6, 6.07) is 14.5. The number of amides is 2. The van der Waals surface area contributed by atoms with Crippen molar-refractivity contribution < 1.29 is 14.3 Å². The number of hydrogen-bond donors (Lipinski definition) is 2. The minimum absolute atomic E-state index is 0.288. The van der Waals surface area contributed by atoms with Crippen LogP contribution in [0, 0.1) is 0 Å². The Kier molecular flexibility index (Phi) is 4.34. The van der Waals surface area contributed by atoms with Gasteiger partial charge in [0.2, 0.25) is 5.91 Å². The molecule has 3 rings (SSSR count). The van der Waals surface area contributed by atoms with Crippen molar-refractivity contribution in [3.05, 3.63) is 59.5 Å². The number of para-hydroxylation sites is 3. The number of hydrogen-bond acceptors (Lipinski definition) is 4. The van der Waals surface area contributed by atoms with Gasteiger partial charge in [-0.15, -0.1) is 0 Å². The maximum Gasteiger partial charge on any atom is 0.262 e. The lowest BCUT2D eigenvalue weighted by Crippen LogP contribution is -2.19. The summed E-state index contributed by atoms with van der Waals surface area (Å²) in [5.41, 5.74) is 1.31. The number of benzene rings is 2. The molecule has 1 heterocycles. The van der Waals surface area contributed by atoms with Crippen LogP contribution in [0.4, 0.5) is 11.4 Å². The van der Waals surface area contributed by atoms with Gasteiger partial charge in [0, 0.05) is 11.0 Å². The average molecular weight is 326 g/mol. The zero-order chi connectivity index (χ0) is 16.2. The Morgan fingerprint density at radius 3 is 2.74 bits per heavy atom. The number of nitrogens with one attached hydrogen (secondary N) is 2. The highest BCUT2D eigenvalue weighted by Crippen LogP contribution is 2.37. The SMILES string of the molecule is COc1ccccc1NC(=O)/C=C1/Sc2ccccc2NC1=O. The van der Waals surface area contributed by atoms with Crippen molar-refractivity contribution in [3.8, 4) is 5.75 Å². The normalized spacial score (nSPS) is 14.8. The van der Waals surface area contributed by atoms with E-state index in [9.17, 15) is 9.59 Å². The summed E-state index contributed by atoms with van der Waals surface area (Å²) in [6.07, 6.45) is 1.29. The fourth-order valence-electron chi connectivity index (χ4n) is 2.14. The molecule has 2 aromatic carbocycles. The molecule has 0 bridgehead atoms. The van der Waals surface area contributed by atoms with Crippen LogP contribution in [0.2, 0.25) is 0 Å². The number of anilines is 2. The van der Waals surface area contributed by atoms with Gasteiger partial charge in [-0.1, -0.05) is 36.0 Å². The molecule has 2 aromatic rings. The van der Waals surface area contributed by atoms with Crippen molar-refractivity contribution in [1.29, 1.82) is 0 Å². The van der Waals surface area contributed by atoms with Gasteiger partial charge in [0.1, 0.15) is 5.75 Å². The highest BCUT2D eigenvalue weighted by atomic mass is 32.2. The van der Waals surface area contributed by atoms with E-state index in [1.807, 2.05) is 30.3 Å². The Labute approximate surface area is 137 Å². The molecule has 6 heteroatoms. The zero-order valence-electron chi connectivity index (χ0n) is 12.3. The van der Waals surface area contributed by atoms with E-state index in [0.29, 0.717) is 16.3 Å². The lowest BCUT2D eigenvalue weighted by molar-refractivity contribution is -0.114. The summed E-state index contributed by atoms with van der Waals surface area (Å²) in [7, 11) is 1.53. The minimum atomic E-state index is -0.383. The van der Waals surface area contributed by atoms with E-state index in [0.717, 1.165) is 10.6 Å². The van der Waals surface area contributed by atoms with Crippen LogP contribution >= 0.6 is 11.8 Å². The Hall–Kier alpha value is -2.73. The Morgan fingerprint density at radius 1 is 1.17 bits per heavy atom. The Bertz CT molecular complexity index is 802. The molecule has 0 radical (unpaired) electrons. The molecule has 0 saturated heterocycles. The highest BCUT2D eigenvalue weighted by molar-refractivity contribution is 8.04. The van der Waals surface area contributed by atoms with Gasteiger partial charge in [-0.25, -0.2) is 0 Å². The standard InChI is InChI=1S/C17H14N2O3S/c1-22-13-8-4-2-6-11(13)18-16(20)10-15-17(21)19-12-7-3-5-9-14(12)23-15/h2-10H,1H3,(H,18,20)(H,19,21)/b15-10+. The van der Waals surface area contributed by atoms with Gasteiger partial charge in [-0.3, -0.25) is 9.59 Å². The summed E-state index contributed by atoms with van der Waals surface area (Å²) < 4.78 is 5.18. The molecule has 0 unspecified atom stereocenters. The molecule has 0 aliphatic carbocycles. The molecule has 0 spiro atoms. The van der Waals surface area contributed by atoms with E-state index < -0.39 is 0 Å². The molecule has 23 heavy (non-hydrogen) atoms. The largest absolute Gasteiger partial charge is 0.495 e. The van der Waals surface area contributed by atoms with Crippen molar-refractivity contribution in [2.45, 2.75) is 4.90 Å². The van der Waals surface area contributed by atoms with E-state index in [2.05, 4.69) is 10.6 Å². The maximum absolute atomic E-state index is 12.2. The molecule has 0 aromatic heterocycles. The first-order valence-corrected chi connectivity index (χ1v) is 7.73. The third-order valence-corrected chi connectivity index (χ3v) is 4.31. The Balaban J connectivity index is 1.79. The molecule has 1 aliphatic heterocycles. The molecular weight excluding hydrogens is 312 g/mol. The summed E-state index contributed by atoms with van der Waals surface area (Å²) >= 11 is 1.27. The van der Waals surface area contributed by atoms with Crippen molar-refractivity contribution in [1.82, 2.24) is 0 Å². The van der Waals surface area contributed by atoms with Crippen LogP contribution in [0.3, 0.4) is 0 Å². The summed E-state index contributed by atoms with van der Waals surface area (Å²) in [4.78, 5) is 25.5. The number of thioether (sulfide) groups is 1. The van der Waals surface area contributed by atoms with Gasteiger partial charge < -0.3 is 15.4 Å². The lowest BCUT2D eigenvalue weighted by Gasteiger charge is -2.18. The fourth-order valence-corrected chi connectivity index (χ4v) is 3.06. The summed E-state index contributed by atoms with van der Waals surface area (Å²) in [5.74, 6) is -0.110. The van der Waals surface area contributed by atoms with Crippen LogP contribution in [-0.2, 0) is 9.59 Å². The van der Waals surface area contributed by atoms with Gasteiger partial charge in [-0.2, -0.15) is 0 Å². The first-order chi connectivity index (χ1) is 11.2. The lowest BCUT2D eigenvalue weighted by atomic mass is 10.3. The number of rotatable bonds is 3. The number of carbonyl (C=O) groups excluding carboxylic acids is 2. The van der Waals surface area contributed by atoms with E-state index in [1.54, 1.807) is 18.2 Å². The quantitative estimate of drug-likeness (QED) is 0.850. The first-order valence-electron chi connectivity index (χ1n) is 6.91. The second-order valence-electron chi connectivity index (χ2n) is 4.75. The number of ether oxygens (including phenoxy) is 1. The molecule has 2 amide bonds. The number of methoxy groups -OCH3 is 1. The monoisotopic (exact) mass is 326 g/mol. The number of fused-ring (bicyclic) bond motifs is 1. The van der Waals surface area contributed by atoms with Crippen LogP contribution in [0.25, 0.3) is 0 Å². The predicted octanol–water partition coefficient (Wildman–Crippen LogP) is 3.26. The van der Waals surface area contributed by atoms with Crippen molar-refractivity contribution >= 4 is 35.0 Å². The Morgan fingerprint density at radius 2 is 1.91 bits per heavy atom. The minimum Gasteiger partial charge on any atom is -0.495 e. The van der Waals surface area contributed by atoms with Crippen LogP contribution in [0.5, 0.6) is 5.75 Å². The molecule has 1 aliphatic rings. The second-order valence-corrected chi connectivity index (χ2v) is 5.83. The van der Waals surface area contributed by atoms with Gasteiger partial charge >= 0.3 is 0 Å². The smallest absolute Gasteiger partial charge is 0.262 e. The molecule has 0 fully saturated rings. The molecule has 5 nitrogen and oxygen atoms in total. The van der Waals surface area contributed by atoms with Crippen molar-refractivity contribution in [3.63, 3.8) is 0 Å². The highest BCUT2D eigenvalue weighted by Gasteiger charge is 2.21. The van der Waals surface area contributed by atoms with Crippen LogP contribution < -0.4 is 15.4 Å². The predicted molar refractivity (Wildman–Crippen MR) is 90.6 cm³/mol. The van der Waals surface area contributed by atoms with Gasteiger partial charge in [0.25, 0.3) is 5.91 Å². The summed E-state index contributed by atoms with van der Waals surface area (Å²) in [5, 5.41) is 5.49. The molecule has 2 N–H and O–H groups in total. The zero-order valence-corrected chi connectivity index (χ0v) is 13.1. The van der Waals surface area contributed by atoms with Gasteiger partial charge in [0.15, 0.2) is 0 Å². The van der Waals surface area contributed by atoms with E-state index in [-0.39, 0.29) is 11.8 Å². The van der Waals surface area contributed by atoms with Crippen LogP contribution in [-0.4, -0.2) is 18.9 Å². The van der Waals surface area contributed by atoms with E-state index >= 15 is 0 Å². The third kappa shape index (κ3) is 3.37. The average Bonchev–Trinajstić information content (AvgIpc) is 2.56. The molecule has 0 saturated carbocycles. The number of carbonyl (C=O) groups is 2. The molecular formula is C17H14N2O3S. The molecule has 0 atom stereocenters. The van der Waals surface area contributed by atoms with Gasteiger partial charge in [-0.05, 0) is 24.3 Å². The van der Waals surface area contributed by atoms with E-state index in [4.69, 9.17) is 4.74 Å². The second kappa shape index (κ2) is 6.58. The molecule has 116 valence electrons. The third-order valence-electron chi connectivity index (χ3n) is 3.21.